The topological polar surface area (TPSA) is 17.1 Å². The van der Waals surface area contributed by atoms with Crippen molar-refractivity contribution < 1.29 is 18.0 Å². The summed E-state index contributed by atoms with van der Waals surface area (Å²) in [5.74, 6) is -0.0625. The van der Waals surface area contributed by atoms with E-state index in [1.54, 1.807) is 0 Å². The minimum atomic E-state index is -4.34. The Bertz CT molecular complexity index is 472. The van der Waals surface area contributed by atoms with Crippen molar-refractivity contribution in [2.45, 2.75) is 32.9 Å². The molecule has 0 N–H and O–H groups in total. The Kier molecular flexibility index (Phi) is 2.56. The number of alkyl halides is 3. The zero-order chi connectivity index (χ0) is 12.8. The summed E-state index contributed by atoms with van der Waals surface area (Å²) in [6.07, 6.45) is -3.22. The maximum atomic E-state index is 12.5. The molecule has 1 aliphatic rings. The molecule has 1 aliphatic carbocycles. The van der Waals surface area contributed by atoms with E-state index in [2.05, 4.69) is 0 Å². The minimum Gasteiger partial charge on any atom is -0.294 e. The fourth-order valence-electron chi connectivity index (χ4n) is 2.12. The molecule has 4 heteroatoms. The van der Waals surface area contributed by atoms with Crippen LogP contribution in [-0.4, -0.2) is 5.78 Å². The summed E-state index contributed by atoms with van der Waals surface area (Å²) in [6, 6.07) is 3.39. The number of hydrogen-bond donors (Lipinski definition) is 0. The summed E-state index contributed by atoms with van der Waals surface area (Å²) in [7, 11) is 0. The Morgan fingerprint density at radius 3 is 2.47 bits per heavy atom. The van der Waals surface area contributed by atoms with E-state index in [1.165, 1.54) is 6.07 Å². The van der Waals surface area contributed by atoms with Crippen molar-refractivity contribution in [2.24, 2.45) is 5.41 Å². The summed E-state index contributed by atoms with van der Waals surface area (Å²) in [5, 5.41) is 0. The third kappa shape index (κ3) is 2.08. The molecule has 0 saturated carbocycles. The summed E-state index contributed by atoms with van der Waals surface area (Å²) in [5.41, 5.74) is -0.186. The zero-order valence-electron chi connectivity index (χ0n) is 9.69. The number of carbonyl (C=O) groups is 1. The van der Waals surface area contributed by atoms with Gasteiger partial charge >= 0.3 is 6.18 Å². The molecule has 1 aromatic carbocycles. The first-order valence-corrected chi connectivity index (χ1v) is 5.47. The van der Waals surface area contributed by atoms with Crippen LogP contribution < -0.4 is 0 Å². The van der Waals surface area contributed by atoms with E-state index in [4.69, 9.17) is 0 Å². The van der Waals surface area contributed by atoms with Crippen LogP contribution in [0.15, 0.2) is 18.2 Å². The largest absolute Gasteiger partial charge is 0.416 e. The Morgan fingerprint density at radius 2 is 1.88 bits per heavy atom. The van der Waals surface area contributed by atoms with Crippen molar-refractivity contribution in [3.05, 3.63) is 34.9 Å². The van der Waals surface area contributed by atoms with Gasteiger partial charge in [-0.2, -0.15) is 13.2 Å². The predicted octanol–water partition coefficient (Wildman–Crippen LogP) is 3.86. The number of fused-ring (bicyclic) bond motifs is 1. The van der Waals surface area contributed by atoms with Gasteiger partial charge in [0.05, 0.1) is 5.56 Å². The van der Waals surface area contributed by atoms with Gasteiger partial charge in [0.2, 0.25) is 0 Å². The molecule has 0 bridgehead atoms. The molecule has 0 aromatic heterocycles. The summed E-state index contributed by atoms with van der Waals surface area (Å²) in [4.78, 5) is 12.0. The molecule has 0 unspecified atom stereocenters. The third-order valence-corrected chi connectivity index (χ3v) is 3.31. The smallest absolute Gasteiger partial charge is 0.294 e. The molecule has 0 fully saturated rings. The molecule has 0 spiro atoms. The number of Topliss-reactive ketones (excluding diaryl/α,β-unsaturated/α-hetero) is 1. The highest BCUT2D eigenvalue weighted by Gasteiger charge is 2.36. The van der Waals surface area contributed by atoms with Gasteiger partial charge in [0.15, 0.2) is 5.78 Å². The molecule has 0 radical (unpaired) electrons. The normalized spacial score (nSPS) is 19.0. The van der Waals surface area contributed by atoms with E-state index in [-0.39, 0.29) is 5.78 Å². The molecule has 17 heavy (non-hydrogen) atoms. The average molecular weight is 242 g/mol. The van der Waals surface area contributed by atoms with Gasteiger partial charge in [0.1, 0.15) is 0 Å². The highest BCUT2D eigenvalue weighted by Crippen LogP contribution is 2.37. The fraction of sp³-hybridized carbons (Fsp3) is 0.462. The Hall–Kier alpha value is -1.32. The number of benzene rings is 1. The van der Waals surface area contributed by atoms with Crippen LogP contribution in [0.1, 0.15) is 41.8 Å². The molecule has 92 valence electrons. The molecule has 0 saturated heterocycles. The summed E-state index contributed by atoms with van der Waals surface area (Å²) >= 11 is 0. The molecule has 0 heterocycles. The van der Waals surface area contributed by atoms with E-state index in [9.17, 15) is 18.0 Å². The second-order valence-corrected chi connectivity index (χ2v) is 5.08. The number of halogens is 3. The lowest BCUT2D eigenvalue weighted by molar-refractivity contribution is -0.137. The van der Waals surface area contributed by atoms with Crippen LogP contribution in [-0.2, 0) is 12.6 Å². The van der Waals surface area contributed by atoms with E-state index in [1.807, 2.05) is 13.8 Å². The van der Waals surface area contributed by atoms with Gasteiger partial charge in [-0.3, -0.25) is 4.79 Å². The molecule has 0 aliphatic heterocycles. The predicted molar refractivity (Wildman–Crippen MR) is 57.9 cm³/mol. The lowest BCUT2D eigenvalue weighted by Crippen LogP contribution is -2.30. The minimum absolute atomic E-state index is 0.0625. The van der Waals surface area contributed by atoms with Gasteiger partial charge in [0.25, 0.3) is 0 Å². The number of rotatable bonds is 0. The van der Waals surface area contributed by atoms with Gasteiger partial charge < -0.3 is 0 Å². The average Bonchev–Trinajstić information content (AvgIpc) is 2.22. The van der Waals surface area contributed by atoms with Gasteiger partial charge in [-0.1, -0.05) is 19.9 Å². The van der Waals surface area contributed by atoms with E-state index >= 15 is 0 Å². The molecule has 0 atom stereocenters. The van der Waals surface area contributed by atoms with Crippen molar-refractivity contribution in [1.82, 2.24) is 0 Å². The lowest BCUT2D eigenvalue weighted by Gasteiger charge is -2.29. The summed E-state index contributed by atoms with van der Waals surface area (Å²) < 4.78 is 37.6. The van der Waals surface area contributed by atoms with E-state index in [0.717, 1.165) is 12.1 Å². The van der Waals surface area contributed by atoms with Crippen LogP contribution in [0, 0.1) is 5.41 Å². The fourth-order valence-corrected chi connectivity index (χ4v) is 2.12. The Morgan fingerprint density at radius 1 is 1.24 bits per heavy atom. The molecule has 1 aromatic rings. The Balaban J connectivity index is 2.47. The lowest BCUT2D eigenvalue weighted by atomic mass is 9.73. The van der Waals surface area contributed by atoms with Gasteiger partial charge in [0, 0.05) is 11.0 Å². The highest BCUT2D eigenvalue weighted by molar-refractivity contribution is 6.02. The van der Waals surface area contributed by atoms with Gasteiger partial charge in [-0.25, -0.2) is 0 Å². The van der Waals surface area contributed by atoms with Gasteiger partial charge in [-0.15, -0.1) is 0 Å². The first-order chi connectivity index (χ1) is 7.72. The second-order valence-electron chi connectivity index (χ2n) is 5.08. The van der Waals surface area contributed by atoms with Crippen LogP contribution in [0.25, 0.3) is 0 Å². The van der Waals surface area contributed by atoms with Crippen LogP contribution in [0.3, 0.4) is 0 Å². The first kappa shape index (κ1) is 12.1. The number of ketones is 1. The monoisotopic (exact) mass is 242 g/mol. The van der Waals surface area contributed by atoms with Crippen molar-refractivity contribution in [2.75, 3.05) is 0 Å². The van der Waals surface area contributed by atoms with Crippen LogP contribution >= 0.6 is 0 Å². The SMILES string of the molecule is CC1(C)CCc2cc(C(F)(F)F)ccc2C1=O. The maximum absolute atomic E-state index is 12.5. The van der Waals surface area contributed by atoms with Gasteiger partial charge in [-0.05, 0) is 30.5 Å². The number of aryl methyl sites for hydroxylation is 1. The van der Waals surface area contributed by atoms with E-state index < -0.39 is 17.2 Å². The zero-order valence-corrected chi connectivity index (χ0v) is 9.69. The maximum Gasteiger partial charge on any atom is 0.416 e. The van der Waals surface area contributed by atoms with Crippen LogP contribution in [0.2, 0.25) is 0 Å². The molecular weight excluding hydrogens is 229 g/mol. The highest BCUT2D eigenvalue weighted by atomic mass is 19.4. The number of hydrogen-bond acceptors (Lipinski definition) is 1. The van der Waals surface area contributed by atoms with Crippen LogP contribution in [0.5, 0.6) is 0 Å². The van der Waals surface area contributed by atoms with Crippen molar-refractivity contribution >= 4 is 5.78 Å². The second kappa shape index (κ2) is 3.59. The molecule has 1 nitrogen and oxygen atoms in total. The third-order valence-electron chi connectivity index (χ3n) is 3.31. The summed E-state index contributed by atoms with van der Waals surface area (Å²) in [6.45, 7) is 3.66. The van der Waals surface area contributed by atoms with Crippen molar-refractivity contribution in [1.29, 1.82) is 0 Å². The molecule has 0 amide bonds. The molecule has 2 rings (SSSR count). The molecular formula is C13H13F3O. The van der Waals surface area contributed by atoms with E-state index in [0.29, 0.717) is 24.0 Å². The first-order valence-electron chi connectivity index (χ1n) is 5.47. The van der Waals surface area contributed by atoms with Crippen LogP contribution in [0.4, 0.5) is 13.2 Å². The Labute approximate surface area is 97.6 Å². The standard InChI is InChI=1S/C13H13F3O/c1-12(2)6-5-8-7-9(13(14,15)16)3-4-10(8)11(12)17/h3-4,7H,5-6H2,1-2H3. The number of carbonyl (C=O) groups excluding carboxylic acids is 1. The van der Waals surface area contributed by atoms with Crippen molar-refractivity contribution in [3.63, 3.8) is 0 Å². The van der Waals surface area contributed by atoms with Crippen molar-refractivity contribution in [3.8, 4) is 0 Å². The quantitative estimate of drug-likeness (QED) is 0.675.